The van der Waals surface area contributed by atoms with Crippen LogP contribution >= 0.6 is 0 Å². The summed E-state index contributed by atoms with van der Waals surface area (Å²) in [7, 11) is 0. The summed E-state index contributed by atoms with van der Waals surface area (Å²) >= 11 is 0. The summed E-state index contributed by atoms with van der Waals surface area (Å²) < 4.78 is 10.5. The maximum atomic E-state index is 11.6. The molecule has 1 aromatic rings. The van der Waals surface area contributed by atoms with Gasteiger partial charge >= 0.3 is 0 Å². The molecule has 0 saturated carbocycles. The summed E-state index contributed by atoms with van der Waals surface area (Å²) in [5.74, 6) is 0.178. The number of nitrogens with zero attached hydrogens (tertiary/aromatic N) is 1. The second-order valence-corrected chi connectivity index (χ2v) is 4.02. The molecule has 0 aliphatic rings. The summed E-state index contributed by atoms with van der Waals surface area (Å²) in [6.07, 6.45) is 0. The van der Waals surface area contributed by atoms with Crippen LogP contribution in [0.3, 0.4) is 0 Å². The molecule has 1 unspecified atom stereocenters. The highest BCUT2D eigenvalue weighted by molar-refractivity contribution is 5.77. The van der Waals surface area contributed by atoms with Gasteiger partial charge in [-0.1, -0.05) is 12.1 Å². The maximum Gasteiger partial charge on any atom is 0.258 e. The molecule has 1 rings (SSSR count). The summed E-state index contributed by atoms with van der Waals surface area (Å²) in [4.78, 5) is 11.6. The van der Waals surface area contributed by atoms with E-state index in [0.717, 1.165) is 0 Å². The number of nitrogens with one attached hydrogen (secondary N) is 1. The number of hydrogen-bond donors (Lipinski definition) is 1. The van der Waals surface area contributed by atoms with Gasteiger partial charge in [0.05, 0.1) is 12.2 Å². The first-order chi connectivity index (χ1) is 9.17. The summed E-state index contributed by atoms with van der Waals surface area (Å²) in [5, 5.41) is 11.6. The molecule has 0 saturated heterocycles. The average Bonchev–Trinajstić information content (AvgIpc) is 2.43. The second-order valence-electron chi connectivity index (χ2n) is 4.02. The number of rotatable bonds is 7. The van der Waals surface area contributed by atoms with Crippen molar-refractivity contribution >= 4 is 5.91 Å². The summed E-state index contributed by atoms with van der Waals surface area (Å²) in [6.45, 7) is 4.73. The van der Waals surface area contributed by atoms with Gasteiger partial charge in [-0.3, -0.25) is 4.79 Å². The molecule has 0 radical (unpaired) electrons. The first-order valence-corrected chi connectivity index (χ1v) is 6.16. The number of carbonyl (C=O) groups is 1. The molecule has 1 amide bonds. The van der Waals surface area contributed by atoms with Crippen LogP contribution in [0.15, 0.2) is 24.3 Å². The molecule has 0 fully saturated rings. The van der Waals surface area contributed by atoms with Crippen molar-refractivity contribution in [1.29, 1.82) is 5.26 Å². The van der Waals surface area contributed by atoms with Gasteiger partial charge in [-0.25, -0.2) is 0 Å². The fourth-order valence-corrected chi connectivity index (χ4v) is 1.48. The molecule has 19 heavy (non-hydrogen) atoms. The molecule has 0 aromatic heterocycles. The van der Waals surface area contributed by atoms with Gasteiger partial charge in [-0.2, -0.15) is 5.26 Å². The van der Waals surface area contributed by atoms with Crippen LogP contribution in [0.4, 0.5) is 0 Å². The molecule has 0 spiro atoms. The predicted octanol–water partition coefficient (Wildman–Crippen LogP) is 1.48. The minimum Gasteiger partial charge on any atom is -0.482 e. The van der Waals surface area contributed by atoms with E-state index in [2.05, 4.69) is 5.32 Å². The third kappa shape index (κ3) is 5.40. The zero-order valence-corrected chi connectivity index (χ0v) is 11.2. The number of hydrogen-bond acceptors (Lipinski definition) is 4. The zero-order chi connectivity index (χ0) is 14.1. The number of benzene rings is 1. The monoisotopic (exact) mass is 262 g/mol. The van der Waals surface area contributed by atoms with Gasteiger partial charge in [0.15, 0.2) is 6.61 Å². The van der Waals surface area contributed by atoms with E-state index in [9.17, 15) is 4.79 Å². The van der Waals surface area contributed by atoms with Crippen molar-refractivity contribution in [3.05, 3.63) is 29.8 Å². The highest BCUT2D eigenvalue weighted by atomic mass is 16.5. The van der Waals surface area contributed by atoms with Crippen LogP contribution < -0.4 is 10.1 Å². The summed E-state index contributed by atoms with van der Waals surface area (Å²) in [6, 6.07) is 8.75. The standard InChI is InChI=1S/C14H18N2O3/c1-3-18-9-11(2)16-14(17)10-19-13-7-5-4-6-12(13)8-15/h4-7,11H,3,9-10H2,1-2H3,(H,16,17). The molecule has 0 aliphatic carbocycles. The Morgan fingerprint density at radius 1 is 1.47 bits per heavy atom. The van der Waals surface area contributed by atoms with Gasteiger partial charge in [0.1, 0.15) is 11.8 Å². The first kappa shape index (κ1) is 15.0. The van der Waals surface area contributed by atoms with Crippen molar-refractivity contribution in [2.45, 2.75) is 19.9 Å². The third-order valence-electron chi connectivity index (χ3n) is 2.35. The Morgan fingerprint density at radius 3 is 2.89 bits per heavy atom. The molecular formula is C14H18N2O3. The maximum absolute atomic E-state index is 11.6. The van der Waals surface area contributed by atoms with Gasteiger partial charge < -0.3 is 14.8 Å². The number of ether oxygens (including phenoxy) is 2. The van der Waals surface area contributed by atoms with Gasteiger partial charge in [-0.05, 0) is 26.0 Å². The van der Waals surface area contributed by atoms with Crippen LogP contribution in [-0.4, -0.2) is 31.8 Å². The Morgan fingerprint density at radius 2 is 2.21 bits per heavy atom. The van der Waals surface area contributed by atoms with Crippen molar-refractivity contribution in [3.63, 3.8) is 0 Å². The van der Waals surface area contributed by atoms with Crippen molar-refractivity contribution in [2.24, 2.45) is 0 Å². The van der Waals surface area contributed by atoms with E-state index >= 15 is 0 Å². The van der Waals surface area contributed by atoms with E-state index in [1.165, 1.54) is 0 Å². The predicted molar refractivity (Wildman–Crippen MR) is 70.7 cm³/mol. The lowest BCUT2D eigenvalue weighted by Gasteiger charge is -2.14. The molecule has 1 aromatic carbocycles. The number of para-hydroxylation sites is 1. The fraction of sp³-hybridized carbons (Fsp3) is 0.429. The molecule has 0 heterocycles. The Labute approximate surface area is 113 Å². The molecule has 0 aliphatic heterocycles. The molecule has 5 nitrogen and oxygen atoms in total. The van der Waals surface area contributed by atoms with Crippen LogP contribution in [-0.2, 0) is 9.53 Å². The van der Waals surface area contributed by atoms with E-state index in [4.69, 9.17) is 14.7 Å². The lowest BCUT2D eigenvalue weighted by atomic mass is 10.2. The summed E-state index contributed by atoms with van der Waals surface area (Å²) in [5.41, 5.74) is 0.415. The van der Waals surface area contributed by atoms with Gasteiger partial charge in [0.2, 0.25) is 0 Å². The number of carbonyl (C=O) groups excluding carboxylic acids is 1. The number of nitriles is 1. The highest BCUT2D eigenvalue weighted by Gasteiger charge is 2.09. The third-order valence-corrected chi connectivity index (χ3v) is 2.35. The smallest absolute Gasteiger partial charge is 0.258 e. The van der Waals surface area contributed by atoms with Crippen LogP contribution in [0.5, 0.6) is 5.75 Å². The fourth-order valence-electron chi connectivity index (χ4n) is 1.48. The van der Waals surface area contributed by atoms with Crippen LogP contribution in [0.1, 0.15) is 19.4 Å². The van der Waals surface area contributed by atoms with Crippen molar-refractivity contribution in [3.8, 4) is 11.8 Å². The Bertz CT molecular complexity index is 454. The molecular weight excluding hydrogens is 244 g/mol. The van der Waals surface area contributed by atoms with Crippen molar-refractivity contribution in [1.82, 2.24) is 5.32 Å². The lowest BCUT2D eigenvalue weighted by Crippen LogP contribution is -2.38. The van der Waals surface area contributed by atoms with Gasteiger partial charge in [-0.15, -0.1) is 0 Å². The van der Waals surface area contributed by atoms with Crippen molar-refractivity contribution in [2.75, 3.05) is 19.8 Å². The topological polar surface area (TPSA) is 71.3 Å². The van der Waals surface area contributed by atoms with Gasteiger partial charge in [0.25, 0.3) is 5.91 Å². The van der Waals surface area contributed by atoms with E-state index in [-0.39, 0.29) is 18.6 Å². The largest absolute Gasteiger partial charge is 0.482 e. The minimum atomic E-state index is -0.236. The average molecular weight is 262 g/mol. The Balaban J connectivity index is 2.40. The SMILES string of the molecule is CCOCC(C)NC(=O)COc1ccccc1C#N. The first-order valence-electron chi connectivity index (χ1n) is 6.16. The Hall–Kier alpha value is -2.06. The molecule has 1 N–H and O–H groups in total. The van der Waals surface area contributed by atoms with Crippen LogP contribution in [0.2, 0.25) is 0 Å². The van der Waals surface area contributed by atoms with Gasteiger partial charge in [0, 0.05) is 12.6 Å². The zero-order valence-electron chi connectivity index (χ0n) is 11.2. The van der Waals surface area contributed by atoms with E-state index < -0.39 is 0 Å². The van der Waals surface area contributed by atoms with Crippen LogP contribution in [0.25, 0.3) is 0 Å². The van der Waals surface area contributed by atoms with Crippen molar-refractivity contribution < 1.29 is 14.3 Å². The normalized spacial score (nSPS) is 11.4. The highest BCUT2D eigenvalue weighted by Crippen LogP contribution is 2.16. The van der Waals surface area contributed by atoms with Crippen LogP contribution in [0, 0.1) is 11.3 Å². The second kappa shape index (κ2) is 8.11. The molecule has 102 valence electrons. The molecule has 5 heteroatoms. The van der Waals surface area contributed by atoms with E-state index in [1.54, 1.807) is 24.3 Å². The lowest BCUT2D eigenvalue weighted by molar-refractivity contribution is -0.124. The molecule has 0 bridgehead atoms. The Kier molecular flexibility index (Phi) is 6.41. The van der Waals surface area contributed by atoms with E-state index in [0.29, 0.717) is 24.5 Å². The minimum absolute atomic E-state index is 0.0674. The number of amides is 1. The molecule has 1 atom stereocenters. The quantitative estimate of drug-likeness (QED) is 0.808. The van der Waals surface area contributed by atoms with E-state index in [1.807, 2.05) is 19.9 Å².